The van der Waals surface area contributed by atoms with Crippen LogP contribution >= 0.6 is 0 Å². The van der Waals surface area contributed by atoms with Gasteiger partial charge in [-0.3, -0.25) is 14.6 Å². The number of nitrogens with two attached hydrogens (primary N) is 1. The minimum absolute atomic E-state index is 0.366. The lowest BCUT2D eigenvalue weighted by molar-refractivity contribution is 0.0489. The summed E-state index contributed by atoms with van der Waals surface area (Å²) in [6.45, 7) is 7.35. The van der Waals surface area contributed by atoms with Crippen LogP contribution < -0.4 is 5.73 Å². The van der Waals surface area contributed by atoms with Crippen molar-refractivity contribution in [2.75, 3.05) is 39.3 Å². The van der Waals surface area contributed by atoms with Crippen molar-refractivity contribution in [3.05, 3.63) is 35.4 Å². The summed E-state index contributed by atoms with van der Waals surface area (Å²) in [5.74, 6) is -0.366. The molecule has 0 saturated carbocycles. The first-order valence-corrected chi connectivity index (χ1v) is 8.16. The van der Waals surface area contributed by atoms with Crippen LogP contribution in [0.4, 0.5) is 0 Å². The number of ether oxygens (including phenoxy) is 1. The third kappa shape index (κ3) is 4.06. The lowest BCUT2D eigenvalue weighted by Crippen LogP contribution is -2.48. The summed E-state index contributed by atoms with van der Waals surface area (Å²) in [6.07, 6.45) is 2.88. The van der Waals surface area contributed by atoms with Gasteiger partial charge in [-0.2, -0.15) is 0 Å². The van der Waals surface area contributed by atoms with Gasteiger partial charge in [0.15, 0.2) is 0 Å². The van der Waals surface area contributed by atoms with Crippen LogP contribution in [0.2, 0.25) is 0 Å². The maximum atomic E-state index is 11.1. The highest BCUT2D eigenvalue weighted by Crippen LogP contribution is 2.15. The van der Waals surface area contributed by atoms with E-state index < -0.39 is 0 Å². The van der Waals surface area contributed by atoms with E-state index in [1.807, 2.05) is 24.3 Å². The molecule has 1 aromatic carbocycles. The van der Waals surface area contributed by atoms with E-state index in [1.165, 1.54) is 18.4 Å². The van der Waals surface area contributed by atoms with Crippen LogP contribution in [0.15, 0.2) is 24.3 Å². The topological polar surface area (TPSA) is 58.8 Å². The van der Waals surface area contributed by atoms with Crippen LogP contribution in [0, 0.1) is 0 Å². The summed E-state index contributed by atoms with van der Waals surface area (Å²) in [5.41, 5.74) is 7.07. The Morgan fingerprint density at radius 3 is 2.41 bits per heavy atom. The second-order valence-electron chi connectivity index (χ2n) is 6.27. The Kier molecular flexibility index (Phi) is 5.08. The highest BCUT2D eigenvalue weighted by Gasteiger charge is 2.22. The van der Waals surface area contributed by atoms with Crippen LogP contribution in [0.3, 0.4) is 0 Å². The Balaban J connectivity index is 1.44. The maximum Gasteiger partial charge on any atom is 0.248 e. The highest BCUT2D eigenvalue weighted by molar-refractivity contribution is 5.92. The first-order chi connectivity index (χ1) is 10.7. The minimum atomic E-state index is -0.366. The Morgan fingerprint density at radius 1 is 1.14 bits per heavy atom. The summed E-state index contributed by atoms with van der Waals surface area (Å²) < 4.78 is 5.72. The molecule has 5 nitrogen and oxygen atoms in total. The molecule has 120 valence electrons. The second-order valence-corrected chi connectivity index (χ2v) is 6.27. The van der Waals surface area contributed by atoms with Crippen LogP contribution in [0.5, 0.6) is 0 Å². The number of benzene rings is 1. The fraction of sp³-hybridized carbons (Fsp3) is 0.588. The number of carbonyl (C=O) groups is 1. The summed E-state index contributed by atoms with van der Waals surface area (Å²) >= 11 is 0. The number of piperazine rings is 1. The van der Waals surface area contributed by atoms with Crippen LogP contribution in [-0.4, -0.2) is 61.1 Å². The van der Waals surface area contributed by atoms with Crippen LogP contribution in [0.25, 0.3) is 0 Å². The number of primary amides is 1. The standard InChI is InChI=1S/C17H25N3O2/c18-17(21)15-5-3-14(4-6-15)12-19-7-9-20(10-8-19)13-16-2-1-11-22-16/h3-6,16H,1-2,7-13H2,(H2,18,21). The molecule has 5 heteroatoms. The predicted octanol–water partition coefficient (Wildman–Crippen LogP) is 1.08. The first kappa shape index (κ1) is 15.5. The average molecular weight is 303 g/mol. The first-order valence-electron chi connectivity index (χ1n) is 8.16. The number of rotatable bonds is 5. The fourth-order valence-corrected chi connectivity index (χ4v) is 3.24. The minimum Gasteiger partial charge on any atom is -0.377 e. The molecule has 22 heavy (non-hydrogen) atoms. The third-order valence-electron chi connectivity index (χ3n) is 4.60. The van der Waals surface area contributed by atoms with E-state index in [9.17, 15) is 4.79 Å². The van der Waals surface area contributed by atoms with Gasteiger partial charge in [0, 0.05) is 51.4 Å². The number of hydrogen-bond acceptors (Lipinski definition) is 4. The number of amides is 1. The van der Waals surface area contributed by atoms with E-state index in [0.717, 1.165) is 45.9 Å². The van der Waals surface area contributed by atoms with Gasteiger partial charge in [0.1, 0.15) is 0 Å². The maximum absolute atomic E-state index is 11.1. The molecule has 1 unspecified atom stereocenters. The monoisotopic (exact) mass is 303 g/mol. The molecule has 0 bridgehead atoms. The fourth-order valence-electron chi connectivity index (χ4n) is 3.24. The molecular weight excluding hydrogens is 278 g/mol. The van der Waals surface area contributed by atoms with E-state index in [1.54, 1.807) is 0 Å². The normalized spacial score (nSPS) is 23.7. The largest absolute Gasteiger partial charge is 0.377 e. The van der Waals surface area contributed by atoms with Gasteiger partial charge in [-0.15, -0.1) is 0 Å². The smallest absolute Gasteiger partial charge is 0.248 e. The zero-order valence-electron chi connectivity index (χ0n) is 13.0. The Hall–Kier alpha value is -1.43. The van der Waals surface area contributed by atoms with Gasteiger partial charge in [0.05, 0.1) is 6.10 Å². The van der Waals surface area contributed by atoms with Crippen molar-refractivity contribution in [3.63, 3.8) is 0 Å². The molecule has 2 fully saturated rings. The number of carbonyl (C=O) groups excluding carboxylic acids is 1. The predicted molar refractivity (Wildman–Crippen MR) is 85.7 cm³/mol. The molecule has 0 aliphatic carbocycles. The molecule has 2 saturated heterocycles. The van der Waals surface area contributed by atoms with E-state index in [4.69, 9.17) is 10.5 Å². The van der Waals surface area contributed by atoms with Crippen molar-refractivity contribution < 1.29 is 9.53 Å². The van der Waals surface area contributed by atoms with E-state index >= 15 is 0 Å². The van der Waals surface area contributed by atoms with Gasteiger partial charge < -0.3 is 10.5 Å². The molecule has 1 atom stereocenters. The molecule has 2 N–H and O–H groups in total. The molecule has 1 aromatic rings. The summed E-state index contributed by atoms with van der Waals surface area (Å²) in [4.78, 5) is 16.1. The lowest BCUT2D eigenvalue weighted by Gasteiger charge is -2.35. The van der Waals surface area contributed by atoms with E-state index in [0.29, 0.717) is 11.7 Å². The lowest BCUT2D eigenvalue weighted by atomic mass is 10.1. The zero-order chi connectivity index (χ0) is 15.4. The van der Waals surface area contributed by atoms with Gasteiger partial charge >= 0.3 is 0 Å². The van der Waals surface area contributed by atoms with Crippen molar-refractivity contribution in [1.29, 1.82) is 0 Å². The van der Waals surface area contributed by atoms with Gasteiger partial charge in [-0.05, 0) is 30.5 Å². The van der Waals surface area contributed by atoms with Crippen molar-refractivity contribution in [1.82, 2.24) is 9.80 Å². The van der Waals surface area contributed by atoms with Crippen molar-refractivity contribution in [3.8, 4) is 0 Å². The van der Waals surface area contributed by atoms with Gasteiger partial charge in [-0.1, -0.05) is 12.1 Å². The van der Waals surface area contributed by atoms with Crippen molar-refractivity contribution in [2.45, 2.75) is 25.5 Å². The Morgan fingerprint density at radius 2 is 1.82 bits per heavy atom. The number of hydrogen-bond donors (Lipinski definition) is 1. The van der Waals surface area contributed by atoms with Crippen LogP contribution in [-0.2, 0) is 11.3 Å². The zero-order valence-corrected chi connectivity index (χ0v) is 13.0. The molecule has 0 spiro atoms. The molecule has 0 radical (unpaired) electrons. The second kappa shape index (κ2) is 7.22. The van der Waals surface area contributed by atoms with Gasteiger partial charge in [-0.25, -0.2) is 0 Å². The third-order valence-corrected chi connectivity index (χ3v) is 4.60. The van der Waals surface area contributed by atoms with E-state index in [2.05, 4.69) is 9.80 Å². The highest BCUT2D eigenvalue weighted by atomic mass is 16.5. The molecule has 2 aliphatic heterocycles. The number of nitrogens with zero attached hydrogens (tertiary/aromatic N) is 2. The SMILES string of the molecule is NC(=O)c1ccc(CN2CCN(CC3CCCO3)CC2)cc1. The van der Waals surface area contributed by atoms with Gasteiger partial charge in [0.25, 0.3) is 0 Å². The average Bonchev–Trinajstić information content (AvgIpc) is 3.03. The molecule has 0 aromatic heterocycles. The summed E-state index contributed by atoms with van der Waals surface area (Å²) in [5, 5.41) is 0. The van der Waals surface area contributed by atoms with Gasteiger partial charge in [0.2, 0.25) is 5.91 Å². The molecule has 3 rings (SSSR count). The molecule has 2 heterocycles. The van der Waals surface area contributed by atoms with Crippen molar-refractivity contribution in [2.24, 2.45) is 5.73 Å². The molecule has 2 aliphatic rings. The molecule has 1 amide bonds. The van der Waals surface area contributed by atoms with Crippen LogP contribution in [0.1, 0.15) is 28.8 Å². The van der Waals surface area contributed by atoms with E-state index in [-0.39, 0.29) is 5.91 Å². The molecular formula is C17H25N3O2. The summed E-state index contributed by atoms with van der Waals surface area (Å²) in [6, 6.07) is 7.62. The summed E-state index contributed by atoms with van der Waals surface area (Å²) in [7, 11) is 0. The Bertz CT molecular complexity index is 489. The Labute approximate surface area is 132 Å². The van der Waals surface area contributed by atoms with Crippen molar-refractivity contribution >= 4 is 5.91 Å². The quantitative estimate of drug-likeness (QED) is 0.884.